The minimum Gasteiger partial charge on any atom is -0.496 e. The van der Waals surface area contributed by atoms with Crippen molar-refractivity contribution in [2.24, 2.45) is 0 Å². The Hall–Kier alpha value is -1.42. The zero-order valence-corrected chi connectivity index (χ0v) is 11.7. The molecule has 1 N–H and O–H groups in total. The number of hydrogen-bond donors (Lipinski definition) is 1. The van der Waals surface area contributed by atoms with Crippen LogP contribution in [-0.4, -0.2) is 33.4 Å². The van der Waals surface area contributed by atoms with Crippen LogP contribution >= 0.6 is 0 Å². The minimum atomic E-state index is 0.516. The summed E-state index contributed by atoms with van der Waals surface area (Å²) in [7, 11) is 3.26. The van der Waals surface area contributed by atoms with Crippen LogP contribution in [0.15, 0.2) is 18.2 Å². The molecule has 4 nitrogen and oxygen atoms in total. The maximum atomic E-state index is 5.67. The lowest BCUT2D eigenvalue weighted by molar-refractivity contribution is 0.301. The molecular formula is C14H23NO3. The van der Waals surface area contributed by atoms with Crippen LogP contribution in [0.25, 0.3) is 0 Å². The molecule has 0 fully saturated rings. The summed E-state index contributed by atoms with van der Waals surface area (Å²) in [5.74, 6) is 2.25. The molecule has 0 amide bonds. The molecule has 1 aromatic carbocycles. The van der Waals surface area contributed by atoms with Crippen LogP contribution < -0.4 is 19.5 Å². The Morgan fingerprint density at radius 3 is 2.06 bits per heavy atom. The zero-order chi connectivity index (χ0) is 13.4. The summed E-state index contributed by atoms with van der Waals surface area (Å²) in [6, 6.07) is 6.06. The highest BCUT2D eigenvalue weighted by molar-refractivity contribution is 5.41. The summed E-state index contributed by atoms with van der Waals surface area (Å²) in [6.45, 7) is 5.90. The first-order valence-electron chi connectivity index (χ1n) is 6.25. The number of nitrogens with one attached hydrogen (secondary N) is 1. The van der Waals surface area contributed by atoms with Gasteiger partial charge in [0.1, 0.15) is 17.2 Å². The van der Waals surface area contributed by atoms with Crippen LogP contribution in [-0.2, 0) is 0 Å². The molecule has 0 saturated heterocycles. The van der Waals surface area contributed by atoms with Crippen LogP contribution in [0, 0.1) is 0 Å². The van der Waals surface area contributed by atoms with Gasteiger partial charge in [-0.3, -0.25) is 0 Å². The van der Waals surface area contributed by atoms with E-state index in [9.17, 15) is 0 Å². The Morgan fingerprint density at radius 2 is 1.56 bits per heavy atom. The highest BCUT2D eigenvalue weighted by Crippen LogP contribution is 2.27. The van der Waals surface area contributed by atoms with E-state index in [0.29, 0.717) is 12.6 Å². The SMILES string of the molecule is COc1cc(OC)cc(OCCCNC(C)C)c1. The van der Waals surface area contributed by atoms with Crippen LogP contribution in [0.4, 0.5) is 0 Å². The van der Waals surface area contributed by atoms with E-state index in [0.717, 1.165) is 30.2 Å². The quantitative estimate of drug-likeness (QED) is 0.722. The maximum Gasteiger partial charge on any atom is 0.126 e. The lowest BCUT2D eigenvalue weighted by Crippen LogP contribution is -2.24. The van der Waals surface area contributed by atoms with Crippen molar-refractivity contribution in [1.82, 2.24) is 5.32 Å². The first-order chi connectivity index (χ1) is 8.65. The van der Waals surface area contributed by atoms with E-state index in [1.54, 1.807) is 14.2 Å². The normalized spacial score (nSPS) is 10.5. The Balaban J connectivity index is 2.41. The number of hydrogen-bond acceptors (Lipinski definition) is 4. The second-order valence-corrected chi connectivity index (χ2v) is 4.36. The molecule has 0 bridgehead atoms. The van der Waals surface area contributed by atoms with Crippen LogP contribution in [0.3, 0.4) is 0 Å². The molecule has 1 aromatic rings. The second kappa shape index (κ2) is 7.82. The minimum absolute atomic E-state index is 0.516. The fourth-order valence-corrected chi connectivity index (χ4v) is 1.52. The van der Waals surface area contributed by atoms with Crippen molar-refractivity contribution in [1.29, 1.82) is 0 Å². The van der Waals surface area contributed by atoms with E-state index in [1.165, 1.54) is 0 Å². The van der Waals surface area contributed by atoms with Gasteiger partial charge in [0.25, 0.3) is 0 Å². The van der Waals surface area contributed by atoms with E-state index in [4.69, 9.17) is 14.2 Å². The molecule has 102 valence electrons. The van der Waals surface area contributed by atoms with E-state index in [2.05, 4.69) is 19.2 Å². The number of benzene rings is 1. The Kier molecular flexibility index (Phi) is 6.36. The highest BCUT2D eigenvalue weighted by Gasteiger charge is 2.02. The first kappa shape index (κ1) is 14.6. The Morgan fingerprint density at radius 1 is 1.00 bits per heavy atom. The molecule has 18 heavy (non-hydrogen) atoms. The highest BCUT2D eigenvalue weighted by atomic mass is 16.5. The van der Waals surface area contributed by atoms with Crippen molar-refractivity contribution in [2.45, 2.75) is 26.3 Å². The number of rotatable bonds is 8. The summed E-state index contributed by atoms with van der Waals surface area (Å²) >= 11 is 0. The first-order valence-corrected chi connectivity index (χ1v) is 6.25. The van der Waals surface area contributed by atoms with Crippen LogP contribution in [0.1, 0.15) is 20.3 Å². The smallest absolute Gasteiger partial charge is 0.126 e. The summed E-state index contributed by atoms with van der Waals surface area (Å²) in [6.07, 6.45) is 0.970. The van der Waals surface area contributed by atoms with Crippen molar-refractivity contribution in [2.75, 3.05) is 27.4 Å². The van der Waals surface area contributed by atoms with Gasteiger partial charge in [-0.1, -0.05) is 13.8 Å². The van der Waals surface area contributed by atoms with Crippen molar-refractivity contribution < 1.29 is 14.2 Å². The molecule has 0 radical (unpaired) electrons. The molecule has 0 spiro atoms. The fourth-order valence-electron chi connectivity index (χ4n) is 1.52. The fraction of sp³-hybridized carbons (Fsp3) is 0.571. The van der Waals surface area contributed by atoms with Gasteiger partial charge >= 0.3 is 0 Å². The predicted molar refractivity (Wildman–Crippen MR) is 72.8 cm³/mol. The summed E-state index contributed by atoms with van der Waals surface area (Å²) < 4.78 is 16.0. The van der Waals surface area contributed by atoms with Gasteiger partial charge < -0.3 is 19.5 Å². The number of methoxy groups -OCH3 is 2. The van der Waals surface area contributed by atoms with E-state index in [-0.39, 0.29) is 0 Å². The zero-order valence-electron chi connectivity index (χ0n) is 11.7. The molecule has 0 heterocycles. The predicted octanol–water partition coefficient (Wildman–Crippen LogP) is 2.47. The lowest BCUT2D eigenvalue weighted by atomic mass is 10.3. The van der Waals surface area contributed by atoms with Crippen molar-refractivity contribution in [3.8, 4) is 17.2 Å². The van der Waals surface area contributed by atoms with E-state index in [1.807, 2.05) is 18.2 Å². The molecule has 0 aliphatic carbocycles. The molecule has 4 heteroatoms. The molecular weight excluding hydrogens is 230 g/mol. The van der Waals surface area contributed by atoms with Crippen molar-refractivity contribution in [3.05, 3.63) is 18.2 Å². The van der Waals surface area contributed by atoms with Gasteiger partial charge in [0.05, 0.1) is 20.8 Å². The average molecular weight is 253 g/mol. The maximum absolute atomic E-state index is 5.67. The summed E-state index contributed by atoms with van der Waals surface area (Å²) in [4.78, 5) is 0. The standard InChI is InChI=1S/C14H23NO3/c1-11(2)15-6-5-7-18-14-9-12(16-3)8-13(10-14)17-4/h8-11,15H,5-7H2,1-4H3. The summed E-state index contributed by atoms with van der Waals surface area (Å²) in [5, 5.41) is 3.35. The molecule has 0 saturated carbocycles. The van der Waals surface area contributed by atoms with Gasteiger partial charge in [-0.05, 0) is 13.0 Å². The van der Waals surface area contributed by atoms with Crippen LogP contribution in [0.5, 0.6) is 17.2 Å². The summed E-state index contributed by atoms with van der Waals surface area (Å²) in [5.41, 5.74) is 0. The Bertz CT molecular complexity index is 331. The Labute approximate surface area is 109 Å². The molecule has 0 atom stereocenters. The largest absolute Gasteiger partial charge is 0.496 e. The average Bonchev–Trinajstić information content (AvgIpc) is 2.37. The number of ether oxygens (including phenoxy) is 3. The molecule has 0 aliphatic rings. The molecule has 0 aromatic heterocycles. The van der Waals surface area contributed by atoms with Gasteiger partial charge in [-0.25, -0.2) is 0 Å². The molecule has 1 rings (SSSR count). The third-order valence-corrected chi connectivity index (χ3v) is 2.47. The van der Waals surface area contributed by atoms with E-state index >= 15 is 0 Å². The van der Waals surface area contributed by atoms with E-state index < -0.39 is 0 Å². The third kappa shape index (κ3) is 5.27. The van der Waals surface area contributed by atoms with Gasteiger partial charge in [0.2, 0.25) is 0 Å². The van der Waals surface area contributed by atoms with Crippen molar-refractivity contribution in [3.63, 3.8) is 0 Å². The van der Waals surface area contributed by atoms with Gasteiger partial charge in [0, 0.05) is 24.2 Å². The van der Waals surface area contributed by atoms with Crippen LogP contribution in [0.2, 0.25) is 0 Å². The van der Waals surface area contributed by atoms with Gasteiger partial charge in [0.15, 0.2) is 0 Å². The topological polar surface area (TPSA) is 39.7 Å². The molecule has 0 unspecified atom stereocenters. The lowest BCUT2D eigenvalue weighted by Gasteiger charge is -2.11. The third-order valence-electron chi connectivity index (χ3n) is 2.47. The second-order valence-electron chi connectivity index (χ2n) is 4.36. The monoisotopic (exact) mass is 253 g/mol. The van der Waals surface area contributed by atoms with Gasteiger partial charge in [-0.2, -0.15) is 0 Å². The van der Waals surface area contributed by atoms with Gasteiger partial charge in [-0.15, -0.1) is 0 Å². The van der Waals surface area contributed by atoms with Crippen molar-refractivity contribution >= 4 is 0 Å². The molecule has 0 aliphatic heterocycles.